The number of hydrogen-bond acceptors (Lipinski definition) is 2. The zero-order valence-corrected chi connectivity index (χ0v) is 10.5. The Hall–Kier alpha value is -2.53. The maximum Gasteiger partial charge on any atom is 0.203 e. The predicted octanol–water partition coefficient (Wildman–Crippen LogP) is 4.09. The van der Waals surface area contributed by atoms with Gasteiger partial charge in [-0.15, -0.1) is 0 Å². The molecule has 0 aliphatic rings. The van der Waals surface area contributed by atoms with Gasteiger partial charge in [-0.3, -0.25) is 0 Å². The molecule has 19 heavy (non-hydrogen) atoms. The van der Waals surface area contributed by atoms with Gasteiger partial charge in [-0.05, 0) is 40.8 Å². The summed E-state index contributed by atoms with van der Waals surface area (Å²) in [5.74, 6) is 0.383. The van der Waals surface area contributed by atoms with Crippen LogP contribution in [0.25, 0.3) is 10.8 Å². The largest absolute Gasteiger partial charge is 0.454 e. The van der Waals surface area contributed by atoms with E-state index in [1.165, 1.54) is 16.3 Å². The SMILES string of the molecule is N#Cc1cc(CCc2ccc3ccccc3c2)co1. The number of aryl methyl sites for hydroxylation is 2. The smallest absolute Gasteiger partial charge is 0.203 e. The first-order chi connectivity index (χ1) is 9.35. The van der Waals surface area contributed by atoms with Crippen LogP contribution in [0, 0.1) is 11.3 Å². The van der Waals surface area contributed by atoms with Crippen molar-refractivity contribution in [1.82, 2.24) is 0 Å². The van der Waals surface area contributed by atoms with Crippen molar-refractivity contribution in [3.8, 4) is 6.07 Å². The summed E-state index contributed by atoms with van der Waals surface area (Å²) in [5.41, 5.74) is 2.38. The number of nitrogens with zero attached hydrogens (tertiary/aromatic N) is 1. The summed E-state index contributed by atoms with van der Waals surface area (Å²) in [4.78, 5) is 0. The number of rotatable bonds is 3. The minimum atomic E-state index is 0.383. The lowest BCUT2D eigenvalue weighted by Crippen LogP contribution is -1.89. The van der Waals surface area contributed by atoms with E-state index in [0.717, 1.165) is 18.4 Å². The fourth-order valence-electron chi connectivity index (χ4n) is 2.25. The summed E-state index contributed by atoms with van der Waals surface area (Å²) in [6.07, 6.45) is 3.51. The fraction of sp³-hybridized carbons (Fsp3) is 0.118. The third-order valence-electron chi connectivity index (χ3n) is 3.28. The van der Waals surface area contributed by atoms with Crippen molar-refractivity contribution in [3.63, 3.8) is 0 Å². The Kier molecular flexibility index (Phi) is 3.04. The monoisotopic (exact) mass is 247 g/mol. The van der Waals surface area contributed by atoms with Crippen molar-refractivity contribution in [3.05, 3.63) is 71.7 Å². The molecule has 0 atom stereocenters. The first-order valence-corrected chi connectivity index (χ1v) is 6.30. The Bertz CT molecular complexity index is 749. The van der Waals surface area contributed by atoms with Gasteiger partial charge in [0.05, 0.1) is 6.26 Å². The Morgan fingerprint density at radius 2 is 1.68 bits per heavy atom. The molecule has 2 nitrogen and oxygen atoms in total. The van der Waals surface area contributed by atoms with E-state index in [1.807, 2.05) is 6.07 Å². The number of nitriles is 1. The third kappa shape index (κ3) is 2.51. The van der Waals surface area contributed by atoms with E-state index in [9.17, 15) is 0 Å². The molecule has 2 heteroatoms. The van der Waals surface area contributed by atoms with Gasteiger partial charge >= 0.3 is 0 Å². The van der Waals surface area contributed by atoms with E-state index in [2.05, 4.69) is 42.5 Å². The van der Waals surface area contributed by atoms with Gasteiger partial charge in [-0.2, -0.15) is 5.26 Å². The molecule has 0 saturated carbocycles. The van der Waals surface area contributed by atoms with Gasteiger partial charge in [0.2, 0.25) is 5.76 Å². The summed E-state index contributed by atoms with van der Waals surface area (Å²) in [5, 5.41) is 11.2. The lowest BCUT2D eigenvalue weighted by Gasteiger charge is -2.02. The molecule has 0 aliphatic heterocycles. The van der Waals surface area contributed by atoms with Crippen LogP contribution in [0.2, 0.25) is 0 Å². The van der Waals surface area contributed by atoms with Crippen LogP contribution in [0.15, 0.2) is 59.2 Å². The maximum absolute atomic E-state index is 8.71. The Morgan fingerprint density at radius 3 is 2.47 bits per heavy atom. The Labute approximate surface area is 111 Å². The Morgan fingerprint density at radius 1 is 0.895 bits per heavy atom. The average molecular weight is 247 g/mol. The normalized spacial score (nSPS) is 10.5. The predicted molar refractivity (Wildman–Crippen MR) is 74.8 cm³/mol. The maximum atomic E-state index is 8.71. The van der Waals surface area contributed by atoms with Crippen molar-refractivity contribution in [2.45, 2.75) is 12.8 Å². The molecule has 0 amide bonds. The summed E-state index contributed by atoms with van der Waals surface area (Å²) in [7, 11) is 0. The lowest BCUT2D eigenvalue weighted by molar-refractivity contribution is 0.549. The molecule has 92 valence electrons. The van der Waals surface area contributed by atoms with Crippen LogP contribution in [0.4, 0.5) is 0 Å². The molecule has 3 rings (SSSR count). The second-order valence-electron chi connectivity index (χ2n) is 4.61. The standard InChI is InChI=1S/C17H13NO/c18-11-17-10-14(12-19-17)6-5-13-7-8-15-3-1-2-4-16(15)9-13/h1-4,7-10,12H,5-6H2. The van der Waals surface area contributed by atoms with Gasteiger partial charge in [-0.1, -0.05) is 42.5 Å². The van der Waals surface area contributed by atoms with E-state index in [-0.39, 0.29) is 0 Å². The van der Waals surface area contributed by atoms with Crippen LogP contribution < -0.4 is 0 Å². The van der Waals surface area contributed by atoms with E-state index >= 15 is 0 Å². The van der Waals surface area contributed by atoms with Gasteiger partial charge in [0.25, 0.3) is 0 Å². The van der Waals surface area contributed by atoms with Crippen molar-refractivity contribution < 1.29 is 4.42 Å². The van der Waals surface area contributed by atoms with Gasteiger partial charge in [-0.25, -0.2) is 0 Å². The number of fused-ring (bicyclic) bond motifs is 1. The van der Waals surface area contributed by atoms with Crippen molar-refractivity contribution in [1.29, 1.82) is 5.26 Å². The Balaban J connectivity index is 1.76. The zero-order valence-electron chi connectivity index (χ0n) is 10.5. The number of hydrogen-bond donors (Lipinski definition) is 0. The molecule has 0 saturated heterocycles. The van der Waals surface area contributed by atoms with Crippen LogP contribution in [-0.2, 0) is 12.8 Å². The first-order valence-electron chi connectivity index (χ1n) is 6.30. The van der Waals surface area contributed by atoms with Crippen LogP contribution in [-0.4, -0.2) is 0 Å². The number of benzene rings is 2. The van der Waals surface area contributed by atoms with Crippen molar-refractivity contribution in [2.24, 2.45) is 0 Å². The molecule has 0 fully saturated rings. The molecule has 0 bridgehead atoms. The highest BCUT2D eigenvalue weighted by atomic mass is 16.3. The van der Waals surface area contributed by atoms with Crippen molar-refractivity contribution >= 4 is 10.8 Å². The molecule has 0 aliphatic carbocycles. The minimum absolute atomic E-state index is 0.383. The highest BCUT2D eigenvalue weighted by molar-refractivity contribution is 5.82. The highest BCUT2D eigenvalue weighted by Crippen LogP contribution is 2.17. The van der Waals surface area contributed by atoms with E-state index < -0.39 is 0 Å². The van der Waals surface area contributed by atoms with Crippen LogP contribution >= 0.6 is 0 Å². The second kappa shape index (κ2) is 4.99. The summed E-state index contributed by atoms with van der Waals surface area (Å²) >= 11 is 0. The molecule has 1 aromatic heterocycles. The van der Waals surface area contributed by atoms with Gasteiger partial charge in [0.1, 0.15) is 6.07 Å². The molecule has 1 heterocycles. The molecule has 0 N–H and O–H groups in total. The second-order valence-corrected chi connectivity index (χ2v) is 4.61. The topological polar surface area (TPSA) is 36.9 Å². The molecular formula is C17H13NO. The molecule has 0 spiro atoms. The summed E-state index contributed by atoms with van der Waals surface area (Å²) < 4.78 is 5.11. The third-order valence-corrected chi connectivity index (χ3v) is 3.28. The quantitative estimate of drug-likeness (QED) is 0.699. The highest BCUT2D eigenvalue weighted by Gasteiger charge is 2.02. The molecule has 3 aromatic rings. The molecule has 0 radical (unpaired) electrons. The number of furan rings is 1. The van der Waals surface area contributed by atoms with Crippen molar-refractivity contribution in [2.75, 3.05) is 0 Å². The minimum Gasteiger partial charge on any atom is -0.454 e. The molecule has 0 unspecified atom stereocenters. The van der Waals surface area contributed by atoms with Gasteiger partial charge in [0, 0.05) is 0 Å². The average Bonchev–Trinajstić information content (AvgIpc) is 2.93. The van der Waals surface area contributed by atoms with Crippen LogP contribution in [0.5, 0.6) is 0 Å². The van der Waals surface area contributed by atoms with Gasteiger partial charge in [0.15, 0.2) is 0 Å². The van der Waals surface area contributed by atoms with E-state index in [1.54, 1.807) is 12.3 Å². The van der Waals surface area contributed by atoms with Crippen LogP contribution in [0.3, 0.4) is 0 Å². The molecule has 2 aromatic carbocycles. The van der Waals surface area contributed by atoms with E-state index in [4.69, 9.17) is 9.68 Å². The lowest BCUT2D eigenvalue weighted by atomic mass is 10.0. The summed E-state index contributed by atoms with van der Waals surface area (Å²) in [6.45, 7) is 0. The summed E-state index contributed by atoms with van der Waals surface area (Å²) in [6, 6.07) is 18.7. The fourth-order valence-corrected chi connectivity index (χ4v) is 2.25. The van der Waals surface area contributed by atoms with E-state index in [0.29, 0.717) is 5.76 Å². The zero-order chi connectivity index (χ0) is 13.1. The van der Waals surface area contributed by atoms with Gasteiger partial charge < -0.3 is 4.42 Å². The molecular weight excluding hydrogens is 234 g/mol. The van der Waals surface area contributed by atoms with Crippen LogP contribution in [0.1, 0.15) is 16.9 Å². The first kappa shape index (κ1) is 11.6.